The molecule has 1 amide bonds. The number of β-amino-alcohol motifs (C(OH)–C–C–N with tert-alkyl or cyclic N) is 1. The number of benzene rings is 2. The third-order valence-electron chi connectivity index (χ3n) is 6.69. The van der Waals surface area contributed by atoms with Crippen LogP contribution in [0.15, 0.2) is 54.6 Å². The third kappa shape index (κ3) is 5.68. The van der Waals surface area contributed by atoms with E-state index in [1.165, 1.54) is 5.56 Å². The summed E-state index contributed by atoms with van der Waals surface area (Å²) >= 11 is 0. The maximum Gasteiger partial charge on any atom is 0.253 e. The van der Waals surface area contributed by atoms with Crippen LogP contribution in [0.25, 0.3) is 0 Å². The van der Waals surface area contributed by atoms with Crippen molar-refractivity contribution < 1.29 is 19.7 Å². The van der Waals surface area contributed by atoms with Crippen molar-refractivity contribution in [3.63, 3.8) is 0 Å². The van der Waals surface area contributed by atoms with E-state index in [0.717, 1.165) is 51.2 Å². The van der Waals surface area contributed by atoms with E-state index < -0.39 is 12.2 Å². The molecule has 2 heterocycles. The summed E-state index contributed by atoms with van der Waals surface area (Å²) in [7, 11) is 0. The van der Waals surface area contributed by atoms with Gasteiger partial charge in [-0.3, -0.25) is 4.79 Å². The number of carbonyl (C=O) groups excluding carboxylic acids is 1. The molecular weight excluding hydrogens is 404 g/mol. The van der Waals surface area contributed by atoms with Crippen LogP contribution >= 0.6 is 0 Å². The number of likely N-dealkylation sites (tertiary alicyclic amines) is 2. The van der Waals surface area contributed by atoms with Crippen LogP contribution in [0.4, 0.5) is 0 Å². The van der Waals surface area contributed by atoms with Gasteiger partial charge in [-0.05, 0) is 56.0 Å². The molecule has 2 aromatic rings. The first-order chi connectivity index (χ1) is 15.5. The van der Waals surface area contributed by atoms with Crippen LogP contribution < -0.4 is 4.74 Å². The predicted molar refractivity (Wildman–Crippen MR) is 124 cm³/mol. The lowest BCUT2D eigenvalue weighted by Crippen LogP contribution is -2.44. The van der Waals surface area contributed by atoms with E-state index in [9.17, 15) is 15.0 Å². The van der Waals surface area contributed by atoms with Gasteiger partial charge in [0.2, 0.25) is 0 Å². The number of hydrogen-bond donors (Lipinski definition) is 2. The van der Waals surface area contributed by atoms with E-state index in [4.69, 9.17) is 4.74 Å². The maximum atomic E-state index is 12.9. The Morgan fingerprint density at radius 3 is 2.34 bits per heavy atom. The molecular formula is C26H34N2O4. The number of amides is 1. The Kier molecular flexibility index (Phi) is 7.45. The molecule has 172 valence electrons. The molecule has 2 N–H and O–H groups in total. The van der Waals surface area contributed by atoms with E-state index in [1.807, 2.05) is 35.2 Å². The summed E-state index contributed by atoms with van der Waals surface area (Å²) in [6.45, 7) is 5.33. The Labute approximate surface area is 190 Å². The number of piperidine rings is 1. The molecule has 0 saturated carbocycles. The van der Waals surface area contributed by atoms with Crippen LogP contribution in [0.1, 0.15) is 48.0 Å². The number of nitrogens with zero attached hydrogens (tertiary/aromatic N) is 2. The Morgan fingerprint density at radius 2 is 1.69 bits per heavy atom. The zero-order valence-corrected chi connectivity index (χ0v) is 18.8. The van der Waals surface area contributed by atoms with Crippen molar-refractivity contribution >= 4 is 5.91 Å². The Hall–Kier alpha value is -2.41. The van der Waals surface area contributed by atoms with E-state index >= 15 is 0 Å². The zero-order chi connectivity index (χ0) is 22.5. The highest BCUT2D eigenvalue weighted by atomic mass is 16.5. The Bertz CT molecular complexity index is 863. The minimum absolute atomic E-state index is 0.0833. The van der Waals surface area contributed by atoms with Gasteiger partial charge in [-0.2, -0.15) is 0 Å². The Morgan fingerprint density at radius 1 is 1.00 bits per heavy atom. The molecule has 6 heteroatoms. The second-order valence-corrected chi connectivity index (χ2v) is 9.10. The highest BCUT2D eigenvalue weighted by Crippen LogP contribution is 2.28. The van der Waals surface area contributed by atoms with Crippen LogP contribution in [0.3, 0.4) is 0 Å². The van der Waals surface area contributed by atoms with Gasteiger partial charge in [0.25, 0.3) is 5.91 Å². The van der Waals surface area contributed by atoms with E-state index in [0.29, 0.717) is 18.0 Å². The lowest BCUT2D eigenvalue weighted by atomic mass is 9.99. The van der Waals surface area contributed by atoms with Crippen LogP contribution in [-0.2, 0) is 0 Å². The second kappa shape index (κ2) is 10.5. The Balaban J connectivity index is 1.25. The largest absolute Gasteiger partial charge is 0.490 e. The molecule has 3 atom stereocenters. The predicted octanol–water partition coefficient (Wildman–Crippen LogP) is 2.90. The minimum atomic E-state index is -0.713. The average molecular weight is 439 g/mol. The van der Waals surface area contributed by atoms with E-state index in [2.05, 4.69) is 29.2 Å². The lowest BCUT2D eigenvalue weighted by molar-refractivity contribution is -0.00397. The first-order valence-electron chi connectivity index (χ1n) is 11.7. The van der Waals surface area contributed by atoms with Crippen molar-refractivity contribution in [3.8, 4) is 5.75 Å². The number of hydrogen-bond acceptors (Lipinski definition) is 5. The number of aliphatic hydroxyl groups is 2. The molecule has 6 nitrogen and oxygen atoms in total. The van der Waals surface area contributed by atoms with E-state index in [-0.39, 0.29) is 12.0 Å². The fraction of sp³-hybridized carbons (Fsp3) is 0.500. The highest BCUT2D eigenvalue weighted by Gasteiger charge is 2.28. The van der Waals surface area contributed by atoms with Crippen LogP contribution in [-0.4, -0.2) is 77.0 Å². The minimum Gasteiger partial charge on any atom is -0.490 e. The van der Waals surface area contributed by atoms with Crippen molar-refractivity contribution in [2.45, 2.75) is 50.4 Å². The highest BCUT2D eigenvalue weighted by molar-refractivity contribution is 5.94. The van der Waals surface area contributed by atoms with E-state index in [1.54, 1.807) is 6.92 Å². The van der Waals surface area contributed by atoms with Gasteiger partial charge in [0.15, 0.2) is 0 Å². The quantitative estimate of drug-likeness (QED) is 0.696. The summed E-state index contributed by atoms with van der Waals surface area (Å²) in [6, 6.07) is 17.9. The van der Waals surface area contributed by atoms with Gasteiger partial charge in [0, 0.05) is 44.2 Å². The molecule has 2 saturated heterocycles. The van der Waals surface area contributed by atoms with Crippen molar-refractivity contribution in [2.24, 2.45) is 0 Å². The normalized spacial score (nSPS) is 22.0. The number of rotatable bonds is 7. The van der Waals surface area contributed by atoms with Crippen LogP contribution in [0.5, 0.6) is 5.75 Å². The molecule has 2 aliphatic rings. The van der Waals surface area contributed by atoms with Gasteiger partial charge < -0.3 is 24.7 Å². The van der Waals surface area contributed by atoms with Gasteiger partial charge in [-0.15, -0.1) is 0 Å². The first kappa shape index (κ1) is 22.8. The fourth-order valence-corrected chi connectivity index (χ4v) is 4.62. The molecule has 0 bridgehead atoms. The van der Waals surface area contributed by atoms with Gasteiger partial charge in [0.1, 0.15) is 11.9 Å². The topological polar surface area (TPSA) is 73.2 Å². The molecule has 2 fully saturated rings. The van der Waals surface area contributed by atoms with Gasteiger partial charge in [-0.25, -0.2) is 0 Å². The second-order valence-electron chi connectivity index (χ2n) is 9.10. The van der Waals surface area contributed by atoms with Crippen molar-refractivity contribution in [1.29, 1.82) is 0 Å². The number of ether oxygens (including phenoxy) is 1. The summed E-state index contributed by atoms with van der Waals surface area (Å²) in [5.41, 5.74) is 2.01. The monoisotopic (exact) mass is 438 g/mol. The summed E-state index contributed by atoms with van der Waals surface area (Å²) in [5.74, 6) is 1.28. The summed E-state index contributed by atoms with van der Waals surface area (Å²) in [6.07, 6.45) is 1.46. The average Bonchev–Trinajstić information content (AvgIpc) is 3.31. The molecule has 0 radical (unpaired) electrons. The summed E-state index contributed by atoms with van der Waals surface area (Å²) in [4.78, 5) is 17.1. The number of aliphatic hydroxyl groups excluding tert-OH is 2. The molecule has 0 spiro atoms. The molecule has 3 unspecified atom stereocenters. The van der Waals surface area contributed by atoms with Gasteiger partial charge in [0.05, 0.1) is 12.2 Å². The van der Waals surface area contributed by atoms with Gasteiger partial charge in [-0.1, -0.05) is 30.3 Å². The first-order valence-corrected chi connectivity index (χ1v) is 11.7. The van der Waals surface area contributed by atoms with Crippen LogP contribution in [0, 0.1) is 0 Å². The smallest absolute Gasteiger partial charge is 0.253 e. The molecule has 32 heavy (non-hydrogen) atoms. The van der Waals surface area contributed by atoms with Crippen molar-refractivity contribution in [1.82, 2.24) is 9.80 Å². The molecule has 4 rings (SSSR count). The fourth-order valence-electron chi connectivity index (χ4n) is 4.62. The lowest BCUT2D eigenvalue weighted by Gasteiger charge is -2.33. The van der Waals surface area contributed by atoms with Crippen LogP contribution in [0.2, 0.25) is 0 Å². The van der Waals surface area contributed by atoms with Crippen molar-refractivity contribution in [3.05, 3.63) is 65.7 Å². The van der Waals surface area contributed by atoms with Crippen molar-refractivity contribution in [2.75, 3.05) is 32.7 Å². The number of carbonyl (C=O) groups is 1. The molecule has 2 aliphatic heterocycles. The maximum absolute atomic E-state index is 12.9. The summed E-state index contributed by atoms with van der Waals surface area (Å²) < 4.78 is 6.13. The third-order valence-corrected chi connectivity index (χ3v) is 6.69. The summed E-state index contributed by atoms with van der Waals surface area (Å²) in [5, 5.41) is 19.3. The SMILES string of the molecule is CC(O)C(O)CN1CCC(Oc2ccc(C(=O)N3CCC(c4ccccc4)C3)cc2)CC1. The molecule has 0 aromatic heterocycles. The molecule has 2 aromatic carbocycles. The van der Waals surface area contributed by atoms with Gasteiger partial charge >= 0.3 is 0 Å². The zero-order valence-electron chi connectivity index (χ0n) is 18.8. The molecule has 0 aliphatic carbocycles. The standard InChI is InChI=1S/C26H34N2O4/c1-19(29)25(30)18-27-14-12-24(13-15-27)32-23-9-7-21(8-10-23)26(31)28-16-11-22(17-28)20-5-3-2-4-6-20/h2-10,19,22,24-25,29-30H,11-18H2,1H3.